The number of rotatable bonds is 8. The molecule has 2 fully saturated rings. The van der Waals surface area contributed by atoms with Gasteiger partial charge >= 0.3 is 0 Å². The van der Waals surface area contributed by atoms with Gasteiger partial charge in [0.25, 0.3) is 5.56 Å². The van der Waals surface area contributed by atoms with E-state index in [1.54, 1.807) is 30.5 Å². The Hall–Kier alpha value is -3.13. The highest BCUT2D eigenvalue weighted by Gasteiger charge is 2.29. The monoisotopic (exact) mass is 453 g/mol. The van der Waals surface area contributed by atoms with Gasteiger partial charge in [-0.15, -0.1) is 0 Å². The molecule has 8 nitrogen and oxygen atoms in total. The number of hydrogen-bond acceptors (Lipinski definition) is 6. The number of aromatic nitrogens is 3. The summed E-state index contributed by atoms with van der Waals surface area (Å²) in [6.07, 6.45) is 5.79. The average Bonchev–Trinajstić information content (AvgIpc) is 3.66. The van der Waals surface area contributed by atoms with Crippen LogP contribution in [0.15, 0.2) is 35.3 Å². The van der Waals surface area contributed by atoms with Crippen LogP contribution in [-0.2, 0) is 4.79 Å². The van der Waals surface area contributed by atoms with E-state index in [2.05, 4.69) is 25.6 Å². The van der Waals surface area contributed by atoms with E-state index in [-0.39, 0.29) is 23.4 Å². The lowest BCUT2D eigenvalue weighted by Gasteiger charge is -2.15. The molecule has 166 valence electrons. The van der Waals surface area contributed by atoms with E-state index in [9.17, 15) is 9.59 Å². The van der Waals surface area contributed by atoms with Crippen molar-refractivity contribution in [2.24, 2.45) is 11.8 Å². The number of H-pyrrole nitrogens is 1. The molecule has 2 aliphatic carbocycles. The smallest absolute Gasteiger partial charge is 0.253 e. The van der Waals surface area contributed by atoms with Crippen molar-refractivity contribution in [3.8, 4) is 5.75 Å². The van der Waals surface area contributed by atoms with E-state index >= 15 is 0 Å². The number of carbonyl (C=O) groups is 1. The Kier molecular flexibility index (Phi) is 5.46. The van der Waals surface area contributed by atoms with Gasteiger partial charge in [0, 0.05) is 29.1 Å². The minimum Gasteiger partial charge on any atom is -0.492 e. The highest BCUT2D eigenvalue weighted by atomic mass is 35.5. The van der Waals surface area contributed by atoms with Crippen LogP contribution in [0.3, 0.4) is 0 Å². The summed E-state index contributed by atoms with van der Waals surface area (Å²) in [6.45, 7) is 2.50. The number of nitrogens with zero attached hydrogens (tertiary/aromatic N) is 2. The van der Waals surface area contributed by atoms with Gasteiger partial charge in [-0.3, -0.25) is 9.59 Å². The van der Waals surface area contributed by atoms with Crippen molar-refractivity contribution in [3.63, 3.8) is 0 Å². The lowest BCUT2D eigenvalue weighted by Crippen LogP contribution is -2.21. The molecule has 9 heteroatoms. The maximum Gasteiger partial charge on any atom is 0.253 e. The van der Waals surface area contributed by atoms with Crippen LogP contribution < -0.4 is 20.9 Å². The first-order valence-corrected chi connectivity index (χ1v) is 11.2. The highest BCUT2D eigenvalue weighted by Crippen LogP contribution is 2.34. The number of benzene rings is 1. The summed E-state index contributed by atoms with van der Waals surface area (Å²) in [4.78, 5) is 36.2. The second-order valence-corrected chi connectivity index (χ2v) is 8.98. The quantitative estimate of drug-likeness (QED) is 0.469. The van der Waals surface area contributed by atoms with Crippen molar-refractivity contribution in [2.45, 2.75) is 38.6 Å². The SMILES string of the molecule is C[C@H](Nc1nccc(NC(=O)C2CC2)n1)c1cc2cc(Cl)c(OCC3CC3)cc2[nH]c1=O. The third-order valence-corrected chi connectivity index (χ3v) is 6.06. The molecule has 0 saturated heterocycles. The summed E-state index contributed by atoms with van der Waals surface area (Å²) in [5.74, 6) is 2.02. The second kappa shape index (κ2) is 8.43. The Balaban J connectivity index is 1.34. The summed E-state index contributed by atoms with van der Waals surface area (Å²) in [7, 11) is 0. The van der Waals surface area contributed by atoms with E-state index in [1.165, 1.54) is 12.8 Å². The number of amides is 1. The maximum atomic E-state index is 12.8. The van der Waals surface area contributed by atoms with Crippen LogP contribution in [0.2, 0.25) is 5.02 Å². The number of ether oxygens (including phenoxy) is 1. The first-order chi connectivity index (χ1) is 15.5. The third-order valence-electron chi connectivity index (χ3n) is 5.76. The van der Waals surface area contributed by atoms with E-state index in [1.807, 2.05) is 6.92 Å². The van der Waals surface area contributed by atoms with Crippen molar-refractivity contribution in [2.75, 3.05) is 17.2 Å². The highest BCUT2D eigenvalue weighted by molar-refractivity contribution is 6.32. The standard InChI is InChI=1S/C23H24ClN5O3/c1-12(26-23-25-7-6-20(29-23)28-21(30)14-4-5-14)16-8-15-9-17(24)19(32-11-13-2-3-13)10-18(15)27-22(16)31/h6-10,12-14H,2-5,11H2,1H3,(H,27,31)(H2,25,26,28,29,30)/t12-/m0/s1. The molecular weight excluding hydrogens is 430 g/mol. The molecule has 2 saturated carbocycles. The van der Waals surface area contributed by atoms with Crippen LogP contribution in [0.1, 0.15) is 44.2 Å². The van der Waals surface area contributed by atoms with E-state index in [4.69, 9.17) is 16.3 Å². The fraction of sp³-hybridized carbons (Fsp3) is 0.391. The van der Waals surface area contributed by atoms with Crippen LogP contribution in [-0.4, -0.2) is 27.5 Å². The van der Waals surface area contributed by atoms with Crippen LogP contribution in [0.25, 0.3) is 10.9 Å². The molecule has 0 spiro atoms. The fourth-order valence-electron chi connectivity index (χ4n) is 3.49. The Labute approximate surface area is 189 Å². The third kappa shape index (κ3) is 4.70. The Morgan fingerprint density at radius 1 is 1.28 bits per heavy atom. The minimum absolute atomic E-state index is 0.0222. The zero-order chi connectivity index (χ0) is 22.2. The normalized spacial score (nSPS) is 16.6. The van der Waals surface area contributed by atoms with Gasteiger partial charge in [0.2, 0.25) is 11.9 Å². The largest absolute Gasteiger partial charge is 0.492 e. The molecule has 0 aliphatic heterocycles. The summed E-state index contributed by atoms with van der Waals surface area (Å²) in [5.41, 5.74) is 0.976. The van der Waals surface area contributed by atoms with Gasteiger partial charge in [-0.2, -0.15) is 4.98 Å². The number of anilines is 2. The molecular formula is C23H24ClN5O3. The Morgan fingerprint density at radius 3 is 2.84 bits per heavy atom. The van der Waals surface area contributed by atoms with Crippen molar-refractivity contribution in [1.29, 1.82) is 0 Å². The topological polar surface area (TPSA) is 109 Å². The van der Waals surface area contributed by atoms with Crippen molar-refractivity contribution in [1.82, 2.24) is 15.0 Å². The van der Waals surface area contributed by atoms with Crippen LogP contribution in [0.4, 0.5) is 11.8 Å². The molecule has 2 aromatic heterocycles. The van der Waals surface area contributed by atoms with E-state index in [0.717, 1.165) is 18.2 Å². The second-order valence-electron chi connectivity index (χ2n) is 8.57. The Bertz CT molecular complexity index is 1240. The molecule has 5 rings (SSSR count). The summed E-state index contributed by atoms with van der Waals surface area (Å²) >= 11 is 6.41. The molecule has 3 aromatic rings. The van der Waals surface area contributed by atoms with Gasteiger partial charge in [0.05, 0.1) is 23.2 Å². The number of pyridine rings is 1. The van der Waals surface area contributed by atoms with Gasteiger partial charge in [0.15, 0.2) is 0 Å². The summed E-state index contributed by atoms with van der Waals surface area (Å²) in [6, 6.07) is 6.65. The molecule has 1 atom stereocenters. The first kappa shape index (κ1) is 20.8. The number of hydrogen-bond donors (Lipinski definition) is 3. The predicted octanol–water partition coefficient (Wildman–Crippen LogP) is 4.28. The molecule has 0 radical (unpaired) electrons. The average molecular weight is 454 g/mol. The molecule has 1 aromatic carbocycles. The van der Waals surface area contributed by atoms with Crippen LogP contribution in [0.5, 0.6) is 5.75 Å². The van der Waals surface area contributed by atoms with Crippen molar-refractivity contribution in [3.05, 3.63) is 51.4 Å². The number of halogens is 1. The number of aromatic amines is 1. The van der Waals surface area contributed by atoms with E-state index in [0.29, 0.717) is 46.1 Å². The van der Waals surface area contributed by atoms with Crippen molar-refractivity contribution < 1.29 is 9.53 Å². The van der Waals surface area contributed by atoms with Crippen LogP contribution in [0, 0.1) is 11.8 Å². The van der Waals surface area contributed by atoms with Gasteiger partial charge in [-0.25, -0.2) is 4.98 Å². The molecule has 1 amide bonds. The summed E-state index contributed by atoms with van der Waals surface area (Å²) < 4.78 is 5.81. The van der Waals surface area contributed by atoms with Gasteiger partial charge in [-0.1, -0.05) is 11.6 Å². The minimum atomic E-state index is -0.373. The van der Waals surface area contributed by atoms with Gasteiger partial charge in [-0.05, 0) is 56.7 Å². The zero-order valence-corrected chi connectivity index (χ0v) is 18.4. The lowest BCUT2D eigenvalue weighted by molar-refractivity contribution is -0.117. The molecule has 0 unspecified atom stereocenters. The van der Waals surface area contributed by atoms with Gasteiger partial charge < -0.3 is 20.4 Å². The zero-order valence-electron chi connectivity index (χ0n) is 17.7. The molecule has 32 heavy (non-hydrogen) atoms. The Morgan fingerprint density at radius 2 is 2.09 bits per heavy atom. The molecule has 2 heterocycles. The number of carbonyl (C=O) groups excluding carboxylic acids is 1. The molecule has 0 bridgehead atoms. The van der Waals surface area contributed by atoms with E-state index < -0.39 is 0 Å². The first-order valence-electron chi connectivity index (χ1n) is 10.9. The maximum absolute atomic E-state index is 12.8. The van der Waals surface area contributed by atoms with Crippen LogP contribution >= 0.6 is 11.6 Å². The summed E-state index contributed by atoms with van der Waals surface area (Å²) in [5, 5.41) is 7.26. The fourth-order valence-corrected chi connectivity index (χ4v) is 3.72. The number of nitrogens with one attached hydrogen (secondary N) is 3. The number of fused-ring (bicyclic) bond motifs is 1. The van der Waals surface area contributed by atoms with Gasteiger partial charge in [0.1, 0.15) is 11.6 Å². The predicted molar refractivity (Wildman–Crippen MR) is 123 cm³/mol. The molecule has 2 aliphatic rings. The lowest BCUT2D eigenvalue weighted by atomic mass is 10.1. The van der Waals surface area contributed by atoms with Crippen molar-refractivity contribution >= 4 is 40.2 Å². The molecule has 3 N–H and O–H groups in total.